The molecular weight excluding hydrogens is 322 g/mol. The Kier molecular flexibility index (Phi) is 3.49. The molecule has 1 atom stereocenters. The largest absolute Gasteiger partial charge is 0.326 e. The highest BCUT2D eigenvalue weighted by molar-refractivity contribution is 6.07. The van der Waals surface area contributed by atoms with Crippen molar-refractivity contribution in [2.45, 2.75) is 18.8 Å². The van der Waals surface area contributed by atoms with Crippen LogP contribution in [-0.2, 0) is 16.0 Å². The van der Waals surface area contributed by atoms with Crippen molar-refractivity contribution in [1.82, 2.24) is 0 Å². The van der Waals surface area contributed by atoms with Crippen LogP contribution in [-0.4, -0.2) is 23.3 Å². The lowest BCUT2D eigenvalue weighted by Gasteiger charge is -2.28. The van der Waals surface area contributed by atoms with Crippen LogP contribution in [0, 0.1) is 10.1 Å². The Morgan fingerprint density at radius 3 is 2.84 bits per heavy atom. The average Bonchev–Trinajstić information content (AvgIpc) is 3.03. The van der Waals surface area contributed by atoms with Gasteiger partial charge in [0.1, 0.15) is 0 Å². The van der Waals surface area contributed by atoms with Crippen molar-refractivity contribution in [3.63, 3.8) is 0 Å². The summed E-state index contributed by atoms with van der Waals surface area (Å²) in [5, 5.41) is 13.8. The first-order chi connectivity index (χ1) is 12.0. The Bertz CT molecular complexity index is 909. The lowest BCUT2D eigenvalue weighted by molar-refractivity contribution is -0.384. The molecular formula is C18H15N3O4. The maximum absolute atomic E-state index is 13.1. The molecule has 0 aromatic heterocycles. The summed E-state index contributed by atoms with van der Waals surface area (Å²) in [5.41, 5.74) is 2.87. The van der Waals surface area contributed by atoms with Crippen LogP contribution >= 0.6 is 0 Å². The first kappa shape index (κ1) is 15.3. The number of nitrogens with zero attached hydrogens (tertiary/aromatic N) is 2. The van der Waals surface area contributed by atoms with E-state index in [1.54, 1.807) is 23.1 Å². The Morgan fingerprint density at radius 2 is 2.04 bits per heavy atom. The molecule has 1 unspecified atom stereocenters. The zero-order valence-electron chi connectivity index (χ0n) is 13.3. The first-order valence-corrected chi connectivity index (χ1v) is 8.02. The fourth-order valence-electron chi connectivity index (χ4n) is 3.53. The number of anilines is 2. The maximum Gasteiger partial charge on any atom is 0.271 e. The standard InChI is InChI=1S/C18H15N3O4/c22-17-10-14(13-3-1-2-4-15(13)19-17)18(23)20-8-7-11-5-6-12(21(24)25)9-16(11)20/h1-6,9,14H,7-8,10H2,(H,19,22). The summed E-state index contributed by atoms with van der Waals surface area (Å²) in [4.78, 5) is 37.2. The molecule has 126 valence electrons. The third kappa shape index (κ3) is 2.53. The number of non-ortho nitro benzene ring substituents is 1. The molecule has 2 aliphatic heterocycles. The molecule has 7 nitrogen and oxygen atoms in total. The summed E-state index contributed by atoms with van der Waals surface area (Å²) in [5.74, 6) is -0.966. The van der Waals surface area contributed by atoms with Crippen molar-refractivity contribution < 1.29 is 14.5 Å². The second-order valence-corrected chi connectivity index (χ2v) is 6.20. The molecule has 0 aliphatic carbocycles. The van der Waals surface area contributed by atoms with Crippen molar-refractivity contribution in [3.05, 3.63) is 63.7 Å². The van der Waals surface area contributed by atoms with Crippen LogP contribution in [0.1, 0.15) is 23.5 Å². The number of nitrogens with one attached hydrogen (secondary N) is 1. The number of benzene rings is 2. The summed E-state index contributed by atoms with van der Waals surface area (Å²) >= 11 is 0. The maximum atomic E-state index is 13.1. The number of nitro benzene ring substituents is 1. The van der Waals surface area contributed by atoms with Gasteiger partial charge in [-0.15, -0.1) is 0 Å². The molecule has 0 spiro atoms. The van der Waals surface area contributed by atoms with Gasteiger partial charge in [-0.2, -0.15) is 0 Å². The predicted molar refractivity (Wildman–Crippen MR) is 91.6 cm³/mol. The van der Waals surface area contributed by atoms with E-state index in [0.717, 1.165) is 11.1 Å². The quantitative estimate of drug-likeness (QED) is 0.673. The molecule has 0 radical (unpaired) electrons. The van der Waals surface area contributed by atoms with Crippen LogP contribution in [0.2, 0.25) is 0 Å². The van der Waals surface area contributed by atoms with Gasteiger partial charge in [0, 0.05) is 30.8 Å². The minimum Gasteiger partial charge on any atom is -0.326 e. The highest BCUT2D eigenvalue weighted by atomic mass is 16.6. The molecule has 2 amide bonds. The van der Waals surface area contributed by atoms with Crippen molar-refractivity contribution in [2.24, 2.45) is 0 Å². The summed E-state index contributed by atoms with van der Waals surface area (Å²) in [6, 6.07) is 11.8. The average molecular weight is 337 g/mol. The van der Waals surface area contributed by atoms with Gasteiger partial charge >= 0.3 is 0 Å². The molecule has 2 heterocycles. The van der Waals surface area contributed by atoms with E-state index in [0.29, 0.717) is 24.3 Å². The van der Waals surface area contributed by atoms with Gasteiger partial charge in [0.05, 0.1) is 16.5 Å². The fourth-order valence-corrected chi connectivity index (χ4v) is 3.53. The molecule has 2 aromatic rings. The van der Waals surface area contributed by atoms with Gasteiger partial charge in [0.25, 0.3) is 5.69 Å². The molecule has 0 fully saturated rings. The van der Waals surface area contributed by atoms with E-state index in [4.69, 9.17) is 0 Å². The second kappa shape index (κ2) is 5.70. The van der Waals surface area contributed by atoms with E-state index >= 15 is 0 Å². The van der Waals surface area contributed by atoms with Crippen molar-refractivity contribution in [3.8, 4) is 0 Å². The lowest BCUT2D eigenvalue weighted by Crippen LogP contribution is -2.37. The number of para-hydroxylation sites is 1. The smallest absolute Gasteiger partial charge is 0.271 e. The second-order valence-electron chi connectivity index (χ2n) is 6.20. The Hall–Kier alpha value is -3.22. The van der Waals surface area contributed by atoms with Crippen LogP contribution in [0.3, 0.4) is 0 Å². The highest BCUT2D eigenvalue weighted by Gasteiger charge is 2.36. The monoisotopic (exact) mass is 337 g/mol. The molecule has 0 saturated carbocycles. The molecule has 1 N–H and O–H groups in total. The Labute approximate surface area is 143 Å². The SMILES string of the molecule is O=C1CC(C(=O)N2CCc3ccc([N+](=O)[O-])cc32)c2ccccc2N1. The normalized spacial score (nSPS) is 18.3. The highest BCUT2D eigenvalue weighted by Crippen LogP contribution is 2.38. The number of carbonyl (C=O) groups excluding carboxylic acids is 2. The number of carbonyl (C=O) groups is 2. The number of fused-ring (bicyclic) bond motifs is 2. The van der Waals surface area contributed by atoms with E-state index in [1.807, 2.05) is 12.1 Å². The fraction of sp³-hybridized carbons (Fsp3) is 0.222. The molecule has 2 aliphatic rings. The molecule has 2 aromatic carbocycles. The summed E-state index contributed by atoms with van der Waals surface area (Å²) < 4.78 is 0. The molecule has 4 rings (SSSR count). The number of nitro groups is 1. The van der Waals surface area contributed by atoms with Gasteiger partial charge in [-0.3, -0.25) is 19.7 Å². The van der Waals surface area contributed by atoms with Crippen LogP contribution in [0.4, 0.5) is 17.1 Å². The Balaban J connectivity index is 1.71. The zero-order valence-corrected chi connectivity index (χ0v) is 13.3. The number of hydrogen-bond donors (Lipinski definition) is 1. The van der Waals surface area contributed by atoms with E-state index in [2.05, 4.69) is 5.32 Å². The van der Waals surface area contributed by atoms with Crippen LogP contribution in [0.5, 0.6) is 0 Å². The topological polar surface area (TPSA) is 92.5 Å². The van der Waals surface area contributed by atoms with Gasteiger partial charge in [0.15, 0.2) is 0 Å². The van der Waals surface area contributed by atoms with Crippen molar-refractivity contribution in [2.75, 3.05) is 16.8 Å². The number of hydrogen-bond acceptors (Lipinski definition) is 4. The van der Waals surface area contributed by atoms with Crippen LogP contribution in [0.25, 0.3) is 0 Å². The molecule has 0 bridgehead atoms. The zero-order chi connectivity index (χ0) is 17.6. The summed E-state index contributed by atoms with van der Waals surface area (Å²) in [7, 11) is 0. The van der Waals surface area contributed by atoms with Crippen molar-refractivity contribution >= 4 is 28.9 Å². The van der Waals surface area contributed by atoms with E-state index in [-0.39, 0.29) is 23.9 Å². The van der Waals surface area contributed by atoms with Crippen molar-refractivity contribution in [1.29, 1.82) is 0 Å². The summed E-state index contributed by atoms with van der Waals surface area (Å²) in [6.07, 6.45) is 0.732. The van der Waals surface area contributed by atoms with E-state index in [1.165, 1.54) is 12.1 Å². The predicted octanol–water partition coefficient (Wildman–Crippen LogP) is 2.61. The summed E-state index contributed by atoms with van der Waals surface area (Å²) in [6.45, 7) is 0.468. The van der Waals surface area contributed by atoms with Gasteiger partial charge in [-0.25, -0.2) is 0 Å². The lowest BCUT2D eigenvalue weighted by atomic mass is 9.89. The third-order valence-electron chi connectivity index (χ3n) is 4.74. The van der Waals surface area contributed by atoms with Crippen LogP contribution in [0.15, 0.2) is 42.5 Å². The van der Waals surface area contributed by atoms with Gasteiger partial charge in [0.2, 0.25) is 11.8 Å². The van der Waals surface area contributed by atoms with Crippen LogP contribution < -0.4 is 10.2 Å². The molecule has 25 heavy (non-hydrogen) atoms. The minimum absolute atomic E-state index is 0.0414. The van der Waals surface area contributed by atoms with E-state index in [9.17, 15) is 19.7 Å². The van der Waals surface area contributed by atoms with Gasteiger partial charge < -0.3 is 10.2 Å². The minimum atomic E-state index is -0.574. The first-order valence-electron chi connectivity index (χ1n) is 8.02. The molecule has 7 heteroatoms. The van der Waals surface area contributed by atoms with Gasteiger partial charge in [-0.05, 0) is 23.6 Å². The van der Waals surface area contributed by atoms with Gasteiger partial charge in [-0.1, -0.05) is 24.3 Å². The molecule has 0 saturated heterocycles. The number of rotatable bonds is 2. The van der Waals surface area contributed by atoms with E-state index < -0.39 is 10.8 Å². The number of amides is 2. The third-order valence-corrected chi connectivity index (χ3v) is 4.74. The Morgan fingerprint density at radius 1 is 1.24 bits per heavy atom.